The van der Waals surface area contributed by atoms with Gasteiger partial charge in [0, 0.05) is 21.9 Å². The van der Waals surface area contributed by atoms with Crippen LogP contribution in [0.2, 0.25) is 0 Å². The van der Waals surface area contributed by atoms with Gasteiger partial charge in [-0.05, 0) is 29.8 Å². The summed E-state index contributed by atoms with van der Waals surface area (Å²) in [5.74, 6) is -1.19. The third kappa shape index (κ3) is 7.55. The molecule has 0 spiro atoms. The molecule has 16 heteroatoms. The van der Waals surface area contributed by atoms with Crippen LogP contribution in [0.4, 0.5) is 22.0 Å². The fourth-order valence-electron chi connectivity index (χ4n) is 2.98. The Kier molecular flexibility index (Phi) is 10.4. The van der Waals surface area contributed by atoms with Gasteiger partial charge in [-0.15, -0.1) is 11.3 Å². The quantitative estimate of drug-likeness (QED) is 0.376. The number of alkyl halides is 3. The lowest BCUT2D eigenvalue weighted by Crippen LogP contribution is -2.27. The lowest BCUT2D eigenvalue weighted by molar-refractivity contribution is -0.192. The molecule has 0 atom stereocenters. The van der Waals surface area contributed by atoms with Crippen LogP contribution in [-0.4, -0.2) is 59.5 Å². The van der Waals surface area contributed by atoms with E-state index < -0.39 is 23.9 Å². The van der Waals surface area contributed by atoms with Crippen LogP contribution in [0.5, 0.6) is 17.2 Å². The number of ether oxygens (including phenoxy) is 3. The number of hydrogen-bond donors (Lipinski definition) is 2. The molecule has 2 aromatic heterocycles. The Labute approximate surface area is 216 Å². The number of nitrogens with two attached hydrogens (primary N) is 1. The van der Waals surface area contributed by atoms with Crippen LogP contribution >= 0.6 is 11.3 Å². The smallest absolute Gasteiger partial charge is 0.490 e. The average Bonchev–Trinajstić information content (AvgIpc) is 3.48. The minimum absolute atomic E-state index is 0.258. The molecule has 0 amide bonds. The number of carboxylic acid groups (broad SMARTS) is 1. The summed E-state index contributed by atoms with van der Waals surface area (Å²) in [6.45, 7) is -0.426. The van der Waals surface area contributed by atoms with Gasteiger partial charge in [0.05, 0.1) is 34.4 Å². The Hall–Kier alpha value is -3.92. The molecule has 3 rings (SSSR count). The van der Waals surface area contributed by atoms with Crippen LogP contribution in [0.25, 0.3) is 10.4 Å². The number of aliphatic carboxylic acids is 1. The maximum absolute atomic E-state index is 12.8. The molecule has 38 heavy (non-hydrogen) atoms. The van der Waals surface area contributed by atoms with Crippen molar-refractivity contribution in [3.8, 4) is 27.7 Å². The number of aromatic nitrogens is 3. The van der Waals surface area contributed by atoms with E-state index >= 15 is 0 Å². The monoisotopic (exact) mass is 566 g/mol. The predicted molar refractivity (Wildman–Crippen MR) is 127 cm³/mol. The summed E-state index contributed by atoms with van der Waals surface area (Å²) < 4.78 is 75.8. The summed E-state index contributed by atoms with van der Waals surface area (Å²) >= 11 is 1.48. The summed E-state index contributed by atoms with van der Waals surface area (Å²) in [6, 6.07) is 7.49. The summed E-state index contributed by atoms with van der Waals surface area (Å²) in [5.41, 5.74) is 5.36. The SMILES string of the molecule is COc1cc(-c2ccc(Cn3cnn(CC(CN)=C(F)F)c3=O)s2)cc(OC)c1OC.O=C(O)C(F)(F)F. The summed E-state index contributed by atoms with van der Waals surface area (Å²) in [7, 11) is 4.63. The Balaban J connectivity index is 0.000000638. The largest absolute Gasteiger partial charge is 0.493 e. The van der Waals surface area contributed by atoms with E-state index in [1.165, 1.54) is 29.3 Å². The van der Waals surface area contributed by atoms with E-state index in [2.05, 4.69) is 5.10 Å². The van der Waals surface area contributed by atoms with Gasteiger partial charge in [-0.25, -0.2) is 14.3 Å². The molecule has 3 N–H and O–H groups in total. The van der Waals surface area contributed by atoms with Crippen LogP contribution in [0.1, 0.15) is 4.88 Å². The molecule has 0 aliphatic carbocycles. The van der Waals surface area contributed by atoms with E-state index in [1.807, 2.05) is 24.3 Å². The number of thiophene rings is 1. The Bertz CT molecular complexity index is 1320. The first-order chi connectivity index (χ1) is 17.9. The zero-order valence-corrected chi connectivity index (χ0v) is 21.0. The Morgan fingerprint density at radius 2 is 1.68 bits per heavy atom. The molecule has 0 unspecified atom stereocenters. The van der Waals surface area contributed by atoms with Crippen molar-refractivity contribution >= 4 is 17.3 Å². The zero-order chi connectivity index (χ0) is 28.6. The molecule has 10 nitrogen and oxygen atoms in total. The topological polar surface area (TPSA) is 131 Å². The van der Waals surface area contributed by atoms with Gasteiger partial charge >= 0.3 is 17.8 Å². The highest BCUT2D eigenvalue weighted by Crippen LogP contribution is 2.42. The second kappa shape index (κ2) is 13.0. The van der Waals surface area contributed by atoms with Gasteiger partial charge in [0.1, 0.15) is 6.33 Å². The van der Waals surface area contributed by atoms with Crippen molar-refractivity contribution in [2.75, 3.05) is 27.9 Å². The van der Waals surface area contributed by atoms with Gasteiger partial charge in [-0.2, -0.15) is 27.1 Å². The molecule has 0 saturated carbocycles. The standard InChI is InChI=1S/C20H22F2N4O4S.C2HF3O2/c1-28-15-6-12(7-16(29-2)18(15)30-3)17-5-4-14(31-17)10-25-11-24-26(20(25)27)9-13(8-23)19(21)22;3-2(4,5)1(6)7/h4-7,11H,8-10,23H2,1-3H3;(H,6,7). The molecule has 0 radical (unpaired) electrons. The number of halogens is 5. The number of hydrogen-bond acceptors (Lipinski definition) is 8. The number of methoxy groups -OCH3 is 3. The minimum Gasteiger partial charge on any atom is -0.493 e. The van der Waals surface area contributed by atoms with E-state index in [-0.39, 0.29) is 25.2 Å². The van der Waals surface area contributed by atoms with Gasteiger partial charge in [-0.3, -0.25) is 4.57 Å². The normalized spacial score (nSPS) is 10.9. The summed E-state index contributed by atoms with van der Waals surface area (Å²) in [4.78, 5) is 23.2. The molecule has 208 valence electrons. The van der Waals surface area contributed by atoms with E-state index in [9.17, 15) is 26.7 Å². The fourth-order valence-corrected chi connectivity index (χ4v) is 3.97. The molecule has 0 saturated heterocycles. The Morgan fingerprint density at radius 1 is 1.11 bits per heavy atom. The number of nitrogens with zero attached hydrogens (tertiary/aromatic N) is 3. The molecule has 3 aromatic rings. The third-order valence-electron chi connectivity index (χ3n) is 4.83. The maximum Gasteiger partial charge on any atom is 0.490 e. The van der Waals surface area contributed by atoms with E-state index in [1.54, 1.807) is 14.2 Å². The molecule has 1 aromatic carbocycles. The Morgan fingerprint density at radius 3 is 2.13 bits per heavy atom. The highest BCUT2D eigenvalue weighted by atomic mass is 32.1. The molecule has 0 aliphatic rings. The first kappa shape index (κ1) is 30.3. The predicted octanol–water partition coefficient (Wildman–Crippen LogP) is 3.59. The number of benzene rings is 1. The molecular formula is C22H23F5N4O6S. The molecule has 0 bridgehead atoms. The fraction of sp³-hybridized carbons (Fsp3) is 0.318. The van der Waals surface area contributed by atoms with Crippen molar-refractivity contribution in [1.29, 1.82) is 0 Å². The number of carbonyl (C=O) groups is 1. The van der Waals surface area contributed by atoms with Crippen molar-refractivity contribution in [3.05, 3.63) is 57.6 Å². The zero-order valence-electron chi connectivity index (χ0n) is 20.2. The van der Waals surface area contributed by atoms with Crippen molar-refractivity contribution in [1.82, 2.24) is 14.3 Å². The van der Waals surface area contributed by atoms with Gasteiger partial charge < -0.3 is 25.1 Å². The van der Waals surface area contributed by atoms with Crippen molar-refractivity contribution in [2.24, 2.45) is 5.73 Å². The highest BCUT2D eigenvalue weighted by Gasteiger charge is 2.38. The second-order valence-corrected chi connectivity index (χ2v) is 8.42. The summed E-state index contributed by atoms with van der Waals surface area (Å²) in [5, 5.41) is 11.0. The molecule has 2 heterocycles. The molecular weight excluding hydrogens is 543 g/mol. The van der Waals surface area contributed by atoms with Gasteiger partial charge in [0.25, 0.3) is 6.08 Å². The van der Waals surface area contributed by atoms with E-state index in [4.69, 9.17) is 29.8 Å². The maximum atomic E-state index is 12.8. The average molecular weight is 567 g/mol. The van der Waals surface area contributed by atoms with Gasteiger partial charge in [-0.1, -0.05) is 0 Å². The highest BCUT2D eigenvalue weighted by molar-refractivity contribution is 7.15. The minimum atomic E-state index is -5.08. The van der Waals surface area contributed by atoms with Crippen LogP contribution in [0.15, 0.2) is 47.0 Å². The van der Waals surface area contributed by atoms with Crippen molar-refractivity contribution in [2.45, 2.75) is 19.3 Å². The number of carboxylic acids is 1. The van der Waals surface area contributed by atoms with Crippen LogP contribution in [-0.2, 0) is 17.9 Å². The molecule has 0 fully saturated rings. The second-order valence-electron chi connectivity index (χ2n) is 7.25. The first-order valence-corrected chi connectivity index (χ1v) is 11.2. The van der Waals surface area contributed by atoms with Crippen LogP contribution < -0.4 is 25.6 Å². The number of rotatable bonds is 9. The lowest BCUT2D eigenvalue weighted by atomic mass is 10.1. The first-order valence-electron chi connectivity index (χ1n) is 10.4. The van der Waals surface area contributed by atoms with Gasteiger partial charge in [0.2, 0.25) is 5.75 Å². The van der Waals surface area contributed by atoms with Crippen molar-refractivity contribution < 1.29 is 46.1 Å². The summed E-state index contributed by atoms with van der Waals surface area (Å²) in [6.07, 6.45) is -5.65. The van der Waals surface area contributed by atoms with E-state index in [0.717, 1.165) is 20.0 Å². The third-order valence-corrected chi connectivity index (χ3v) is 5.95. The lowest BCUT2D eigenvalue weighted by Gasteiger charge is -2.13. The van der Waals surface area contributed by atoms with Crippen molar-refractivity contribution in [3.63, 3.8) is 0 Å². The van der Waals surface area contributed by atoms with Crippen LogP contribution in [0.3, 0.4) is 0 Å². The molecule has 0 aliphatic heterocycles. The van der Waals surface area contributed by atoms with E-state index in [0.29, 0.717) is 17.2 Å². The van der Waals surface area contributed by atoms with Crippen LogP contribution in [0, 0.1) is 0 Å². The van der Waals surface area contributed by atoms with Gasteiger partial charge in [0.15, 0.2) is 11.5 Å².